The van der Waals surface area contributed by atoms with Crippen molar-refractivity contribution in [3.63, 3.8) is 0 Å². The maximum absolute atomic E-state index is 11.4. The van der Waals surface area contributed by atoms with Crippen LogP contribution in [0.4, 0.5) is 5.69 Å². The van der Waals surface area contributed by atoms with E-state index >= 15 is 0 Å². The number of carbonyl (C=O) groups excluding carboxylic acids is 1. The Kier molecular flexibility index (Phi) is 5.05. The van der Waals surface area contributed by atoms with E-state index < -0.39 is 0 Å². The van der Waals surface area contributed by atoms with E-state index in [1.165, 1.54) is 16.8 Å². The lowest BCUT2D eigenvalue weighted by molar-refractivity contribution is -0.129. The summed E-state index contributed by atoms with van der Waals surface area (Å²) < 4.78 is 0. The van der Waals surface area contributed by atoms with E-state index in [4.69, 9.17) is 0 Å². The minimum absolute atomic E-state index is 0.200. The monoisotopic (exact) mass is 274 g/mol. The van der Waals surface area contributed by atoms with Crippen LogP contribution < -0.4 is 5.32 Å². The van der Waals surface area contributed by atoms with E-state index in [9.17, 15) is 4.79 Å². The third-order valence-electron chi connectivity index (χ3n) is 4.26. The molecular formula is C17H26N2O. The molecule has 0 spiro atoms. The molecule has 0 aromatic heterocycles. The highest BCUT2D eigenvalue weighted by molar-refractivity contribution is 5.73. The van der Waals surface area contributed by atoms with Crippen molar-refractivity contribution in [1.29, 1.82) is 0 Å². The summed E-state index contributed by atoms with van der Waals surface area (Å²) in [6.45, 7) is 7.80. The van der Waals surface area contributed by atoms with E-state index in [0.29, 0.717) is 6.04 Å². The van der Waals surface area contributed by atoms with Crippen LogP contribution in [-0.4, -0.2) is 29.9 Å². The molecule has 0 bridgehead atoms. The van der Waals surface area contributed by atoms with Gasteiger partial charge in [-0.2, -0.15) is 0 Å². The molecule has 0 atom stereocenters. The zero-order valence-corrected chi connectivity index (χ0v) is 12.9. The molecule has 1 aromatic carbocycles. The number of piperidine rings is 1. The van der Waals surface area contributed by atoms with Crippen LogP contribution >= 0.6 is 0 Å². The number of nitrogens with one attached hydrogen (secondary N) is 1. The summed E-state index contributed by atoms with van der Waals surface area (Å²) in [6.07, 6.45) is 4.21. The van der Waals surface area contributed by atoms with Gasteiger partial charge in [0.1, 0.15) is 0 Å². The lowest BCUT2D eigenvalue weighted by Gasteiger charge is -2.32. The van der Waals surface area contributed by atoms with Crippen LogP contribution in [0.5, 0.6) is 0 Å². The first-order valence-corrected chi connectivity index (χ1v) is 7.77. The molecule has 1 amide bonds. The predicted octanol–water partition coefficient (Wildman–Crippen LogP) is 3.23. The quantitative estimate of drug-likeness (QED) is 0.914. The third kappa shape index (κ3) is 3.53. The average molecular weight is 274 g/mol. The van der Waals surface area contributed by atoms with Crippen LogP contribution in [0.3, 0.4) is 0 Å². The van der Waals surface area contributed by atoms with Crippen LogP contribution in [0.1, 0.15) is 44.7 Å². The first-order valence-electron chi connectivity index (χ1n) is 7.77. The number of benzene rings is 1. The molecule has 0 aliphatic carbocycles. The molecule has 110 valence electrons. The smallest absolute Gasteiger partial charge is 0.219 e. The Hall–Kier alpha value is -1.51. The minimum Gasteiger partial charge on any atom is -0.382 e. The first-order chi connectivity index (χ1) is 9.63. The summed E-state index contributed by atoms with van der Waals surface area (Å²) in [7, 11) is 0. The van der Waals surface area contributed by atoms with Gasteiger partial charge in [0, 0.05) is 31.7 Å². The zero-order chi connectivity index (χ0) is 14.5. The van der Waals surface area contributed by atoms with Gasteiger partial charge in [-0.3, -0.25) is 4.79 Å². The van der Waals surface area contributed by atoms with Gasteiger partial charge in [0.05, 0.1) is 0 Å². The fraction of sp³-hybridized carbons (Fsp3) is 0.588. The number of hydrogen-bond donors (Lipinski definition) is 1. The Morgan fingerprint density at radius 2 is 1.95 bits per heavy atom. The minimum atomic E-state index is 0.200. The number of hydrogen-bond acceptors (Lipinski definition) is 2. The molecule has 0 radical (unpaired) electrons. The number of anilines is 1. The highest BCUT2D eigenvalue weighted by Crippen LogP contribution is 2.23. The fourth-order valence-electron chi connectivity index (χ4n) is 2.84. The first kappa shape index (κ1) is 14.9. The molecule has 2 rings (SSSR count). The fourth-order valence-corrected chi connectivity index (χ4v) is 2.84. The highest BCUT2D eigenvalue weighted by Gasteiger charge is 2.20. The Morgan fingerprint density at radius 3 is 2.50 bits per heavy atom. The number of amides is 1. The molecule has 3 nitrogen and oxygen atoms in total. The molecule has 1 aromatic rings. The molecule has 1 fully saturated rings. The molecule has 1 saturated heterocycles. The van der Waals surface area contributed by atoms with Gasteiger partial charge in [0.15, 0.2) is 0 Å². The molecular weight excluding hydrogens is 248 g/mol. The van der Waals surface area contributed by atoms with Gasteiger partial charge >= 0.3 is 0 Å². The van der Waals surface area contributed by atoms with E-state index in [-0.39, 0.29) is 5.91 Å². The number of aryl methyl sites for hydroxylation is 2. The second-order valence-corrected chi connectivity index (χ2v) is 5.62. The number of likely N-dealkylation sites (tertiary alicyclic amines) is 1. The Bertz CT molecular complexity index is 462. The maximum atomic E-state index is 11.4. The lowest BCUT2D eigenvalue weighted by Crippen LogP contribution is -2.41. The SMILES string of the molecule is CCc1ccc(CC)c(NC2CCN(C(C)=O)CC2)c1. The molecule has 1 aliphatic heterocycles. The predicted molar refractivity (Wildman–Crippen MR) is 84.1 cm³/mol. The standard InChI is InChI=1S/C17H26N2O/c1-4-14-6-7-15(5-2)17(12-14)18-16-8-10-19(11-9-16)13(3)20/h6-7,12,16,18H,4-5,8-11H2,1-3H3. The van der Waals surface area contributed by atoms with E-state index in [0.717, 1.165) is 38.8 Å². The van der Waals surface area contributed by atoms with Crippen molar-refractivity contribution in [1.82, 2.24) is 4.90 Å². The summed E-state index contributed by atoms with van der Waals surface area (Å²) in [6, 6.07) is 7.24. The van der Waals surface area contributed by atoms with Gasteiger partial charge in [-0.25, -0.2) is 0 Å². The summed E-state index contributed by atoms with van der Waals surface area (Å²) in [5.41, 5.74) is 4.05. The molecule has 3 heteroatoms. The van der Waals surface area contributed by atoms with Crippen molar-refractivity contribution in [3.8, 4) is 0 Å². The van der Waals surface area contributed by atoms with Crippen molar-refractivity contribution >= 4 is 11.6 Å². The van der Waals surface area contributed by atoms with Gasteiger partial charge in [0.25, 0.3) is 0 Å². The van der Waals surface area contributed by atoms with Gasteiger partial charge < -0.3 is 10.2 Å². The maximum Gasteiger partial charge on any atom is 0.219 e. The van der Waals surface area contributed by atoms with Gasteiger partial charge in [-0.15, -0.1) is 0 Å². The van der Waals surface area contributed by atoms with Crippen molar-refractivity contribution in [2.45, 2.75) is 52.5 Å². The number of carbonyl (C=O) groups is 1. The lowest BCUT2D eigenvalue weighted by atomic mass is 10.0. The Morgan fingerprint density at radius 1 is 1.25 bits per heavy atom. The molecule has 0 unspecified atom stereocenters. The van der Waals surface area contributed by atoms with Crippen LogP contribution in [0, 0.1) is 0 Å². The average Bonchev–Trinajstić information content (AvgIpc) is 2.47. The topological polar surface area (TPSA) is 32.3 Å². The third-order valence-corrected chi connectivity index (χ3v) is 4.26. The Labute approximate surface area is 122 Å². The van der Waals surface area contributed by atoms with Crippen molar-refractivity contribution in [2.24, 2.45) is 0 Å². The summed E-state index contributed by atoms with van der Waals surface area (Å²) in [5, 5.41) is 3.70. The van der Waals surface area contributed by atoms with Gasteiger partial charge in [-0.05, 0) is 42.9 Å². The normalized spacial score (nSPS) is 16.2. The van der Waals surface area contributed by atoms with E-state index in [1.54, 1.807) is 6.92 Å². The molecule has 1 N–H and O–H groups in total. The van der Waals surface area contributed by atoms with E-state index in [2.05, 4.69) is 37.4 Å². The summed E-state index contributed by atoms with van der Waals surface area (Å²) >= 11 is 0. The molecule has 1 aliphatic rings. The summed E-state index contributed by atoms with van der Waals surface area (Å²) in [5.74, 6) is 0.200. The molecule has 1 heterocycles. The summed E-state index contributed by atoms with van der Waals surface area (Å²) in [4.78, 5) is 13.3. The highest BCUT2D eigenvalue weighted by atomic mass is 16.2. The van der Waals surface area contributed by atoms with Crippen molar-refractivity contribution < 1.29 is 4.79 Å². The largest absolute Gasteiger partial charge is 0.382 e. The number of rotatable bonds is 4. The van der Waals surface area contributed by atoms with Crippen LogP contribution in [0.2, 0.25) is 0 Å². The van der Waals surface area contributed by atoms with Gasteiger partial charge in [0.2, 0.25) is 5.91 Å². The molecule has 20 heavy (non-hydrogen) atoms. The van der Waals surface area contributed by atoms with Gasteiger partial charge in [-0.1, -0.05) is 26.0 Å². The second kappa shape index (κ2) is 6.78. The Balaban J connectivity index is 2.01. The molecule has 0 saturated carbocycles. The van der Waals surface area contributed by atoms with Crippen LogP contribution in [0.25, 0.3) is 0 Å². The van der Waals surface area contributed by atoms with Crippen molar-refractivity contribution in [2.75, 3.05) is 18.4 Å². The number of nitrogens with zero attached hydrogens (tertiary/aromatic N) is 1. The van der Waals surface area contributed by atoms with E-state index in [1.807, 2.05) is 4.90 Å². The van der Waals surface area contributed by atoms with Crippen LogP contribution in [0.15, 0.2) is 18.2 Å². The van der Waals surface area contributed by atoms with Crippen LogP contribution in [-0.2, 0) is 17.6 Å². The second-order valence-electron chi connectivity index (χ2n) is 5.62. The zero-order valence-electron chi connectivity index (χ0n) is 12.9. The van der Waals surface area contributed by atoms with Crippen molar-refractivity contribution in [3.05, 3.63) is 29.3 Å².